The maximum atomic E-state index is 11.4. The number of carboxylic acids is 1. The molecule has 0 aliphatic heterocycles. The molecule has 0 aromatic heterocycles. The van der Waals surface area contributed by atoms with Crippen LogP contribution < -0.4 is 5.73 Å². The Morgan fingerprint density at radius 1 is 1.17 bits per heavy atom. The molecule has 0 rings (SSSR count). The highest BCUT2D eigenvalue weighted by atomic mass is 16.5. The van der Waals surface area contributed by atoms with Gasteiger partial charge in [0.05, 0.1) is 0 Å². The van der Waals surface area contributed by atoms with Crippen molar-refractivity contribution in [2.45, 2.75) is 70.9 Å². The van der Waals surface area contributed by atoms with E-state index in [2.05, 4.69) is 6.92 Å². The number of carbonyl (C=O) groups excluding carboxylic acids is 1. The van der Waals surface area contributed by atoms with Gasteiger partial charge in [-0.25, -0.2) is 0 Å². The summed E-state index contributed by atoms with van der Waals surface area (Å²) < 4.78 is 4.96. The lowest BCUT2D eigenvalue weighted by atomic mass is 10.1. The van der Waals surface area contributed by atoms with E-state index in [4.69, 9.17) is 15.6 Å². The zero-order valence-corrected chi connectivity index (χ0v) is 11.4. The maximum Gasteiger partial charge on any atom is 0.324 e. The van der Waals surface area contributed by atoms with Crippen molar-refractivity contribution in [3.05, 3.63) is 0 Å². The predicted molar refractivity (Wildman–Crippen MR) is 69.2 cm³/mol. The van der Waals surface area contributed by atoms with E-state index in [1.807, 2.05) is 0 Å². The van der Waals surface area contributed by atoms with Gasteiger partial charge >= 0.3 is 11.9 Å². The second-order valence-electron chi connectivity index (χ2n) is 4.58. The molecule has 106 valence electrons. The summed E-state index contributed by atoms with van der Waals surface area (Å²) >= 11 is 0. The Hall–Kier alpha value is -1.10. The first-order valence-corrected chi connectivity index (χ1v) is 6.67. The summed E-state index contributed by atoms with van der Waals surface area (Å²) in [6.45, 7) is 3.66. The molecule has 0 saturated carbocycles. The van der Waals surface area contributed by atoms with Gasteiger partial charge in [-0.3, -0.25) is 9.59 Å². The molecule has 1 unspecified atom stereocenters. The quantitative estimate of drug-likeness (QED) is 0.463. The van der Waals surface area contributed by atoms with Crippen LogP contribution in [0.1, 0.15) is 58.8 Å². The average Bonchev–Trinajstić information content (AvgIpc) is 2.32. The average molecular weight is 259 g/mol. The molecule has 0 bridgehead atoms. The molecule has 0 spiro atoms. The van der Waals surface area contributed by atoms with E-state index in [0.717, 1.165) is 19.3 Å². The number of aliphatic carboxylic acids is 1. The van der Waals surface area contributed by atoms with Crippen molar-refractivity contribution >= 4 is 11.9 Å². The summed E-state index contributed by atoms with van der Waals surface area (Å²) in [5.74, 6) is -1.52. The third kappa shape index (κ3) is 8.06. The number of rotatable bonds is 10. The van der Waals surface area contributed by atoms with E-state index in [1.54, 1.807) is 0 Å². The van der Waals surface area contributed by atoms with Gasteiger partial charge in [0, 0.05) is 6.42 Å². The molecule has 0 saturated heterocycles. The van der Waals surface area contributed by atoms with Crippen LogP contribution in [0.3, 0.4) is 0 Å². The van der Waals surface area contributed by atoms with E-state index >= 15 is 0 Å². The van der Waals surface area contributed by atoms with E-state index in [1.165, 1.54) is 26.2 Å². The lowest BCUT2D eigenvalue weighted by molar-refractivity contribution is -0.153. The summed E-state index contributed by atoms with van der Waals surface area (Å²) in [4.78, 5) is 22.0. The topological polar surface area (TPSA) is 89.6 Å². The number of nitrogens with two attached hydrogens (primary N) is 1. The molecular weight excluding hydrogens is 234 g/mol. The Bertz CT molecular complexity index is 255. The highest BCUT2D eigenvalue weighted by Crippen LogP contribution is 2.08. The zero-order chi connectivity index (χ0) is 14.0. The van der Waals surface area contributed by atoms with E-state index in [9.17, 15) is 9.59 Å². The van der Waals surface area contributed by atoms with Crippen molar-refractivity contribution < 1.29 is 19.4 Å². The minimum absolute atomic E-state index is 0.336. The molecule has 5 nitrogen and oxygen atoms in total. The molecule has 0 aliphatic carbocycles. The highest BCUT2D eigenvalue weighted by molar-refractivity contribution is 5.75. The summed E-state index contributed by atoms with van der Waals surface area (Å²) in [7, 11) is 0. The third-order valence-corrected chi connectivity index (χ3v) is 2.84. The van der Waals surface area contributed by atoms with Crippen LogP contribution in [0.5, 0.6) is 0 Å². The fourth-order valence-corrected chi connectivity index (χ4v) is 1.59. The van der Waals surface area contributed by atoms with E-state index in [-0.39, 0.29) is 5.97 Å². The van der Waals surface area contributed by atoms with E-state index < -0.39 is 18.1 Å². The van der Waals surface area contributed by atoms with Crippen molar-refractivity contribution in [3.63, 3.8) is 0 Å². The zero-order valence-electron chi connectivity index (χ0n) is 11.4. The predicted octanol–water partition coefficient (Wildman–Crippen LogP) is 2.08. The van der Waals surface area contributed by atoms with Crippen molar-refractivity contribution in [1.29, 1.82) is 0 Å². The molecule has 5 heteroatoms. The highest BCUT2D eigenvalue weighted by Gasteiger charge is 2.23. The fraction of sp³-hybridized carbons (Fsp3) is 0.846. The largest absolute Gasteiger partial charge is 0.480 e. The lowest BCUT2D eigenvalue weighted by Gasteiger charge is -2.16. The molecule has 0 aliphatic rings. The van der Waals surface area contributed by atoms with Crippen LogP contribution in [0.2, 0.25) is 0 Å². The number of ether oxygens (including phenoxy) is 1. The van der Waals surface area contributed by atoms with Crippen molar-refractivity contribution in [3.8, 4) is 0 Å². The minimum Gasteiger partial charge on any atom is -0.480 e. The molecule has 0 amide bonds. The number of unbranched alkanes of at least 4 members (excludes halogenated alkanes) is 5. The van der Waals surface area contributed by atoms with Crippen molar-refractivity contribution in [2.24, 2.45) is 5.73 Å². The van der Waals surface area contributed by atoms with Crippen LogP contribution in [0.25, 0.3) is 0 Å². The summed E-state index contributed by atoms with van der Waals surface area (Å²) in [6, 6.07) is -1.15. The smallest absolute Gasteiger partial charge is 0.324 e. The Morgan fingerprint density at radius 2 is 1.72 bits per heavy atom. The minimum atomic E-state index is -1.16. The Morgan fingerprint density at radius 3 is 2.28 bits per heavy atom. The first-order chi connectivity index (χ1) is 8.49. The second kappa shape index (κ2) is 9.88. The van der Waals surface area contributed by atoms with Gasteiger partial charge < -0.3 is 15.6 Å². The van der Waals surface area contributed by atoms with Crippen LogP contribution in [0.4, 0.5) is 0 Å². The number of hydrogen-bond acceptors (Lipinski definition) is 4. The summed E-state index contributed by atoms with van der Waals surface area (Å²) in [5.41, 5.74) is 5.34. The standard InChI is InChI=1S/C13H25NO4/c1-3-4-5-6-7-8-9-11(15)18-10(2)12(14)13(16)17/h10,12H,3-9,14H2,1-2H3,(H,16,17)/t10?,12-/m0/s1. The molecule has 2 atom stereocenters. The molecule has 0 radical (unpaired) electrons. The number of hydrogen-bond donors (Lipinski definition) is 2. The Labute approximate surface area is 109 Å². The van der Waals surface area contributed by atoms with Gasteiger partial charge in [0.1, 0.15) is 12.1 Å². The maximum absolute atomic E-state index is 11.4. The molecule has 0 aromatic carbocycles. The van der Waals surface area contributed by atoms with Crippen LogP contribution >= 0.6 is 0 Å². The first-order valence-electron chi connectivity index (χ1n) is 6.67. The van der Waals surface area contributed by atoms with Crippen molar-refractivity contribution in [2.75, 3.05) is 0 Å². The molecule has 3 N–H and O–H groups in total. The lowest BCUT2D eigenvalue weighted by Crippen LogP contribution is -2.42. The van der Waals surface area contributed by atoms with E-state index in [0.29, 0.717) is 6.42 Å². The monoisotopic (exact) mass is 259 g/mol. The van der Waals surface area contributed by atoms with Gasteiger partial charge in [-0.1, -0.05) is 39.0 Å². The molecular formula is C13H25NO4. The summed E-state index contributed by atoms with van der Waals surface area (Å²) in [6.07, 6.45) is 6.11. The number of esters is 1. The molecule has 0 fully saturated rings. The summed E-state index contributed by atoms with van der Waals surface area (Å²) in [5, 5.41) is 8.65. The van der Waals surface area contributed by atoms with Crippen LogP contribution in [-0.4, -0.2) is 29.2 Å². The third-order valence-electron chi connectivity index (χ3n) is 2.84. The number of carbonyl (C=O) groups is 2. The normalized spacial score (nSPS) is 13.9. The van der Waals surface area contributed by atoms with Crippen LogP contribution in [0, 0.1) is 0 Å². The van der Waals surface area contributed by atoms with Crippen molar-refractivity contribution in [1.82, 2.24) is 0 Å². The van der Waals surface area contributed by atoms with Gasteiger partial charge in [0.2, 0.25) is 0 Å². The molecule has 0 heterocycles. The first kappa shape index (κ1) is 16.9. The number of carboxylic acid groups (broad SMARTS) is 1. The molecule has 18 heavy (non-hydrogen) atoms. The molecule has 0 aromatic rings. The fourth-order valence-electron chi connectivity index (χ4n) is 1.59. The van der Waals surface area contributed by atoms with Gasteiger partial charge in [0.15, 0.2) is 0 Å². The van der Waals surface area contributed by atoms with Gasteiger partial charge in [-0.2, -0.15) is 0 Å². The van der Waals surface area contributed by atoms with Crippen LogP contribution in [-0.2, 0) is 14.3 Å². The Kier molecular flexibility index (Phi) is 9.28. The SMILES string of the molecule is CCCCCCCCC(=O)OC(C)[C@H](N)C(=O)O. The Balaban J connectivity index is 3.62. The van der Waals surface area contributed by atoms with Crippen LogP contribution in [0.15, 0.2) is 0 Å². The van der Waals surface area contributed by atoms with Gasteiger partial charge in [-0.15, -0.1) is 0 Å². The second-order valence-corrected chi connectivity index (χ2v) is 4.58. The van der Waals surface area contributed by atoms with Gasteiger partial charge in [-0.05, 0) is 13.3 Å². The van der Waals surface area contributed by atoms with Gasteiger partial charge in [0.25, 0.3) is 0 Å².